The quantitative estimate of drug-likeness (QED) is 0.564. The smallest absolute Gasteiger partial charge is 0 e. The first-order valence-electron chi connectivity index (χ1n) is 5.37. The van der Waals surface area contributed by atoms with Crippen molar-refractivity contribution < 1.29 is 26.9 Å². The van der Waals surface area contributed by atoms with Gasteiger partial charge in [-0.25, -0.2) is 0 Å². The molecule has 0 N–H and O–H groups in total. The Hall–Kier alpha value is 1.76. The van der Waals surface area contributed by atoms with Crippen LogP contribution >= 0.6 is 24.8 Å². The van der Waals surface area contributed by atoms with Crippen LogP contribution in [0.3, 0.4) is 0 Å². The van der Waals surface area contributed by atoms with Crippen molar-refractivity contribution in [3.05, 3.63) is 0 Å². The molecule has 0 radical (unpaired) electrons. The summed E-state index contributed by atoms with van der Waals surface area (Å²) in [5.74, 6) is 0. The predicted octanol–water partition coefficient (Wildman–Crippen LogP) is 4.22. The van der Waals surface area contributed by atoms with Crippen molar-refractivity contribution in [2.24, 2.45) is 0 Å². The standard InChI is InChI=1S/2C5H5.2ClH.Fe.Pd/c2*1-2-4-5-3-1;;;;/h2*1-5H;2*1H;;. The SMILES string of the molecule is Cl.Cl.[CH]12[CH]3[CH]4[CH]5[CH]1[Fe]23451678[CH]2[CH]1[CH]6[CH]7[CH]28.[Pd]. The molecule has 10 fully saturated rings. The summed E-state index contributed by atoms with van der Waals surface area (Å²) in [4.78, 5) is 15.9. The number of rotatable bonds is 0. The maximum Gasteiger partial charge on any atom is 0 e. The van der Waals surface area contributed by atoms with Crippen LogP contribution in [-0.4, -0.2) is 0 Å². The van der Waals surface area contributed by atoms with Gasteiger partial charge in [0.1, 0.15) is 0 Å². The molecule has 0 atom stereocenters. The number of fused-ring (bicyclic) bond motifs is 10. The van der Waals surface area contributed by atoms with Crippen molar-refractivity contribution in [1.29, 1.82) is 0 Å². The first kappa shape index (κ1) is 7.25. The molecule has 0 aromatic heterocycles. The summed E-state index contributed by atoms with van der Waals surface area (Å²) in [6.07, 6.45) is 0. The third-order valence-corrected chi connectivity index (χ3v) is 56.5. The molecule has 0 aliphatic carbocycles. The largest absolute Gasteiger partial charge is 0 e. The van der Waals surface area contributed by atoms with Gasteiger partial charge in [0.25, 0.3) is 0 Å². The van der Waals surface area contributed by atoms with Crippen LogP contribution < -0.4 is 0 Å². The van der Waals surface area contributed by atoms with Gasteiger partial charge in [-0.15, -0.1) is 24.8 Å². The van der Waals surface area contributed by atoms with Crippen LogP contribution in [0.1, 0.15) is 0 Å². The van der Waals surface area contributed by atoms with E-state index in [9.17, 15) is 0 Å². The van der Waals surface area contributed by atoms with E-state index in [2.05, 4.69) is 0 Å². The zero-order valence-electron chi connectivity index (χ0n) is 7.26. The van der Waals surface area contributed by atoms with Crippen molar-refractivity contribution in [3.63, 3.8) is 0 Å². The molecule has 84 valence electrons. The summed E-state index contributed by atoms with van der Waals surface area (Å²) < 4.78 is 0. The van der Waals surface area contributed by atoms with Gasteiger partial charge >= 0.3 is 54.7 Å². The Labute approximate surface area is 99.1 Å². The normalized spacial score (nSPS) is 134. The molecule has 0 nitrogen and oxygen atoms in total. The zero-order chi connectivity index (χ0) is 6.09. The molecule has 0 amide bonds. The van der Waals surface area contributed by atoms with Crippen LogP contribution in [0, 0.1) is 0 Å². The van der Waals surface area contributed by atoms with Gasteiger partial charge in [0.15, 0.2) is 0 Å². The summed E-state index contributed by atoms with van der Waals surface area (Å²) in [7, 11) is 0. The maximum absolute atomic E-state index is 2.28. The summed E-state index contributed by atoms with van der Waals surface area (Å²) in [6.45, 7) is -2.28. The van der Waals surface area contributed by atoms with E-state index in [4.69, 9.17) is 0 Å². The van der Waals surface area contributed by atoms with Gasteiger partial charge in [-0.05, 0) is 0 Å². The van der Waals surface area contributed by atoms with E-state index in [-0.39, 0.29) is 45.2 Å². The second-order valence-corrected chi connectivity index (χ2v) is 33.5. The van der Waals surface area contributed by atoms with E-state index in [0.29, 0.717) is 0 Å². The van der Waals surface area contributed by atoms with Crippen molar-refractivity contribution in [3.8, 4) is 0 Å². The van der Waals surface area contributed by atoms with Gasteiger partial charge in [-0.3, -0.25) is 0 Å². The van der Waals surface area contributed by atoms with Gasteiger partial charge in [0, 0.05) is 20.4 Å². The Morgan fingerprint density at radius 2 is 0.571 bits per heavy atom. The molecule has 0 unspecified atom stereocenters. The minimum atomic E-state index is -2.28. The number of hydrogen-bond donors (Lipinski definition) is 0. The second kappa shape index (κ2) is 0.474. The van der Waals surface area contributed by atoms with Crippen LogP contribution in [0.4, 0.5) is 0 Å². The molecule has 4 heteroatoms. The minimum Gasteiger partial charge on any atom is 0 e. The second-order valence-electron chi connectivity index (χ2n) is 9.58. The Balaban J connectivity index is 0.000000167. The van der Waals surface area contributed by atoms with Gasteiger partial charge in [0.05, 0.1) is 0 Å². The average molecular weight is 365 g/mol. The molecule has 10 saturated heterocycles. The summed E-state index contributed by atoms with van der Waals surface area (Å²) in [5.41, 5.74) is 0. The molecule has 10 aliphatic rings. The summed E-state index contributed by atoms with van der Waals surface area (Å²) >= 11 is 0. The van der Waals surface area contributed by atoms with E-state index in [1.807, 2.05) is 0 Å². The molecular weight excluding hydrogens is 353 g/mol. The van der Waals surface area contributed by atoms with E-state index in [0.717, 1.165) is 0 Å². The molecule has 10 aliphatic heterocycles. The summed E-state index contributed by atoms with van der Waals surface area (Å²) in [5, 5.41) is 0. The Kier molecular flexibility index (Phi) is 0.246. The Morgan fingerprint density at radius 1 is 0.429 bits per heavy atom. The molecule has 0 saturated carbocycles. The first-order chi connectivity index (χ1) is 5.16. The molecule has 10 heterocycles. The summed E-state index contributed by atoms with van der Waals surface area (Å²) in [6, 6.07) is 0. The van der Waals surface area contributed by atoms with E-state index >= 15 is 0 Å². The van der Waals surface area contributed by atoms with Crippen molar-refractivity contribution in [2.45, 2.75) is 48.2 Å². The van der Waals surface area contributed by atoms with Gasteiger partial charge in [-0.2, -0.15) is 0 Å². The molecular formula is C10H12Cl2FePd. The maximum atomic E-state index is 1.59. The number of hydrogen-bond acceptors (Lipinski definition) is 0. The molecule has 0 bridgehead atoms. The molecule has 1 spiro atoms. The fraction of sp³-hybridized carbons (Fsp3) is 1.00. The van der Waals surface area contributed by atoms with Gasteiger partial charge in [-0.1, -0.05) is 0 Å². The predicted molar refractivity (Wildman–Crippen MR) is 52.0 cm³/mol. The van der Waals surface area contributed by atoms with Crippen LogP contribution in [0.5, 0.6) is 0 Å². The monoisotopic (exact) mass is 364 g/mol. The topological polar surface area (TPSA) is 0 Å². The van der Waals surface area contributed by atoms with E-state index < -0.39 is 6.51 Å². The van der Waals surface area contributed by atoms with Gasteiger partial charge < -0.3 is 0 Å². The van der Waals surface area contributed by atoms with E-state index in [1.54, 1.807) is 48.2 Å². The minimum absolute atomic E-state index is 0. The average Bonchev–Trinajstić information content (AvgIpc) is 3.01. The van der Waals surface area contributed by atoms with Crippen LogP contribution in [-0.2, 0) is 26.9 Å². The molecule has 0 aromatic carbocycles. The van der Waals surface area contributed by atoms with Crippen molar-refractivity contribution in [2.75, 3.05) is 0 Å². The van der Waals surface area contributed by atoms with Crippen LogP contribution in [0.15, 0.2) is 0 Å². The molecule has 10 rings (SSSR count). The van der Waals surface area contributed by atoms with E-state index in [1.165, 1.54) is 0 Å². The van der Waals surface area contributed by atoms with Crippen LogP contribution in [0.25, 0.3) is 0 Å². The van der Waals surface area contributed by atoms with Crippen molar-refractivity contribution in [1.82, 2.24) is 0 Å². The third kappa shape index (κ3) is 0.0551. The fourth-order valence-electron chi connectivity index (χ4n) is 15.8. The Bertz CT molecular complexity index is 586. The third-order valence-electron chi connectivity index (χ3n) is 14.5. The molecule has 14 heavy (non-hydrogen) atoms. The molecule has 0 aromatic rings. The first-order valence-corrected chi connectivity index (χ1v) is 11.7. The van der Waals surface area contributed by atoms with Crippen molar-refractivity contribution >= 4 is 24.8 Å². The van der Waals surface area contributed by atoms with Crippen LogP contribution in [0.2, 0.25) is 48.2 Å². The fourth-order valence-corrected chi connectivity index (χ4v) is 88.0. The van der Waals surface area contributed by atoms with Gasteiger partial charge in [0.2, 0.25) is 0 Å². The zero-order valence-corrected chi connectivity index (χ0v) is 11.6. The number of halogens is 2. The Morgan fingerprint density at radius 3 is 0.571 bits per heavy atom.